The number of halogens is 2. The average Bonchev–Trinajstić information content (AvgIpc) is 3.20. The summed E-state index contributed by atoms with van der Waals surface area (Å²) in [6.45, 7) is 0.865. The summed E-state index contributed by atoms with van der Waals surface area (Å²) in [6, 6.07) is 6.22. The predicted octanol–water partition coefficient (Wildman–Crippen LogP) is 3.03. The van der Waals surface area contributed by atoms with Gasteiger partial charge in [-0.3, -0.25) is 4.79 Å². The van der Waals surface area contributed by atoms with Crippen LogP contribution in [0.15, 0.2) is 35.7 Å². The molecule has 1 fully saturated rings. The molecule has 1 aliphatic rings. The van der Waals surface area contributed by atoms with Gasteiger partial charge in [-0.25, -0.2) is 4.39 Å². The predicted molar refractivity (Wildman–Crippen MR) is 117 cm³/mol. The summed E-state index contributed by atoms with van der Waals surface area (Å²) in [6.07, 6.45) is 0.296. The maximum atomic E-state index is 13.4. The average molecular weight is 475 g/mol. The Morgan fingerprint density at radius 2 is 2.10 bits per heavy atom. The molecule has 1 aliphatic heterocycles. The zero-order valence-corrected chi connectivity index (χ0v) is 19.3. The van der Waals surface area contributed by atoms with Crippen molar-refractivity contribution in [2.24, 2.45) is 0 Å². The van der Waals surface area contributed by atoms with Crippen LogP contribution in [-0.2, 0) is 15.0 Å². The molecule has 2 atom stereocenters. The van der Waals surface area contributed by atoms with E-state index in [1.54, 1.807) is 0 Å². The van der Waals surface area contributed by atoms with Crippen molar-refractivity contribution in [2.75, 3.05) is 39.5 Å². The summed E-state index contributed by atoms with van der Waals surface area (Å²) < 4.78 is 42.5. The molecular weight excluding hydrogens is 451 g/mol. The van der Waals surface area contributed by atoms with Crippen molar-refractivity contribution in [3.05, 3.63) is 51.4 Å². The molecule has 11 heteroatoms. The molecule has 0 unspecified atom stereocenters. The van der Waals surface area contributed by atoms with Crippen LogP contribution in [0.25, 0.3) is 0 Å². The van der Waals surface area contributed by atoms with Crippen LogP contribution in [0.1, 0.15) is 17.3 Å². The van der Waals surface area contributed by atoms with Crippen LogP contribution in [0.5, 0.6) is 0 Å². The minimum absolute atomic E-state index is 0.122. The Balaban J connectivity index is 1.89. The van der Waals surface area contributed by atoms with Crippen molar-refractivity contribution in [3.63, 3.8) is 0 Å². The summed E-state index contributed by atoms with van der Waals surface area (Å²) in [5, 5.41) is 4.43. The van der Waals surface area contributed by atoms with E-state index >= 15 is 0 Å². The zero-order valence-electron chi connectivity index (χ0n) is 16.9. The number of hydrogen-bond donors (Lipinski definition) is 1. The second-order valence-electron chi connectivity index (χ2n) is 7.34. The van der Waals surface area contributed by atoms with Crippen LogP contribution in [0.3, 0.4) is 0 Å². The van der Waals surface area contributed by atoms with E-state index in [-0.39, 0.29) is 5.02 Å². The summed E-state index contributed by atoms with van der Waals surface area (Å²) >= 11 is 7.25. The number of carbonyl (C=O) groups is 1. The Morgan fingerprint density at radius 3 is 2.70 bits per heavy atom. The van der Waals surface area contributed by atoms with E-state index in [9.17, 15) is 17.6 Å². The van der Waals surface area contributed by atoms with E-state index < -0.39 is 34.0 Å². The minimum Gasteiger partial charge on any atom is -0.325 e. The van der Waals surface area contributed by atoms with Crippen molar-refractivity contribution in [1.29, 1.82) is 0 Å². The molecule has 1 amide bonds. The monoisotopic (exact) mass is 474 g/mol. The maximum Gasteiger partial charge on any atom is 0.283 e. The third kappa shape index (κ3) is 4.84. The van der Waals surface area contributed by atoms with Crippen molar-refractivity contribution >= 4 is 44.7 Å². The Bertz CT molecular complexity index is 1000. The lowest BCUT2D eigenvalue weighted by molar-refractivity contribution is -0.120. The fourth-order valence-electron chi connectivity index (χ4n) is 3.34. The molecule has 1 aromatic carbocycles. The topological polar surface area (TPSA) is 73.0 Å². The van der Waals surface area contributed by atoms with Gasteiger partial charge in [0.15, 0.2) is 0 Å². The molecule has 164 valence electrons. The van der Waals surface area contributed by atoms with Crippen LogP contribution in [-0.4, -0.2) is 68.1 Å². The van der Waals surface area contributed by atoms with E-state index in [1.807, 2.05) is 36.5 Å². The van der Waals surface area contributed by atoms with E-state index in [0.717, 1.165) is 15.2 Å². The molecule has 0 aliphatic carbocycles. The number of anilines is 1. The third-order valence-electron chi connectivity index (χ3n) is 5.02. The van der Waals surface area contributed by atoms with E-state index in [0.29, 0.717) is 25.2 Å². The summed E-state index contributed by atoms with van der Waals surface area (Å²) in [7, 11) is 1.29. The van der Waals surface area contributed by atoms with E-state index in [1.165, 1.54) is 34.8 Å². The van der Waals surface area contributed by atoms with Gasteiger partial charge in [0.1, 0.15) is 11.9 Å². The van der Waals surface area contributed by atoms with Gasteiger partial charge in [-0.15, -0.1) is 11.3 Å². The van der Waals surface area contributed by atoms with E-state index in [2.05, 4.69) is 5.32 Å². The van der Waals surface area contributed by atoms with Gasteiger partial charge in [-0.2, -0.15) is 17.0 Å². The first-order valence-corrected chi connectivity index (χ1v) is 12.0. The van der Waals surface area contributed by atoms with Gasteiger partial charge < -0.3 is 10.2 Å². The fourth-order valence-corrected chi connectivity index (χ4v) is 6.11. The number of nitrogens with one attached hydrogen (secondary N) is 1. The molecular formula is C19H24ClFN4O3S2. The summed E-state index contributed by atoms with van der Waals surface area (Å²) in [4.78, 5) is 15.8. The second kappa shape index (κ2) is 9.29. The standard InChI is InChI=1S/C19H24ClFN4O3S2/c1-23(2)8-9-25-16(18-5-4-10-29-18)12-17(24(3)30(25,27)28)19(26)22-13-6-7-15(21)14(20)11-13/h4-7,10-11,16-17H,8-9,12H2,1-3H3,(H,22,26)/t16-,17+/m1/s1. The van der Waals surface area contributed by atoms with Crippen LogP contribution < -0.4 is 5.32 Å². The molecule has 1 saturated heterocycles. The minimum atomic E-state index is -3.87. The molecule has 3 rings (SSSR count). The Kier molecular flexibility index (Phi) is 7.16. The largest absolute Gasteiger partial charge is 0.325 e. The molecule has 0 bridgehead atoms. The number of benzene rings is 1. The van der Waals surface area contributed by atoms with Gasteiger partial charge in [0.25, 0.3) is 10.2 Å². The molecule has 30 heavy (non-hydrogen) atoms. The Morgan fingerprint density at radius 1 is 1.37 bits per heavy atom. The number of rotatable bonds is 6. The number of hydrogen-bond acceptors (Lipinski definition) is 5. The highest BCUT2D eigenvalue weighted by Gasteiger charge is 2.46. The first-order chi connectivity index (χ1) is 14.1. The highest BCUT2D eigenvalue weighted by Crippen LogP contribution is 2.38. The lowest BCUT2D eigenvalue weighted by atomic mass is 10.0. The van der Waals surface area contributed by atoms with Crippen molar-refractivity contribution in [2.45, 2.75) is 18.5 Å². The smallest absolute Gasteiger partial charge is 0.283 e. The Labute approximate surface area is 185 Å². The zero-order chi connectivity index (χ0) is 22.1. The molecule has 7 nitrogen and oxygen atoms in total. The highest BCUT2D eigenvalue weighted by molar-refractivity contribution is 7.86. The quantitative estimate of drug-likeness (QED) is 0.698. The SMILES string of the molecule is CN(C)CCN1[C@@H](c2cccs2)C[C@@H](C(=O)Nc2ccc(F)c(Cl)c2)N(C)S1(=O)=O. The van der Waals surface area contributed by atoms with Crippen LogP contribution in [0.2, 0.25) is 5.02 Å². The normalized spacial score (nSPS) is 22.3. The second-order valence-corrected chi connectivity index (χ2v) is 10.7. The molecule has 2 heterocycles. The molecule has 2 aromatic rings. The molecule has 0 saturated carbocycles. The maximum absolute atomic E-state index is 13.4. The lowest BCUT2D eigenvalue weighted by Crippen LogP contribution is -2.58. The van der Waals surface area contributed by atoms with Gasteiger partial charge in [-0.05, 0) is 50.2 Å². The van der Waals surface area contributed by atoms with Gasteiger partial charge in [-0.1, -0.05) is 17.7 Å². The number of carbonyl (C=O) groups excluding carboxylic acids is 1. The molecule has 1 aromatic heterocycles. The molecule has 0 radical (unpaired) electrons. The van der Waals surface area contributed by atoms with Gasteiger partial charge >= 0.3 is 0 Å². The van der Waals surface area contributed by atoms with Crippen molar-refractivity contribution in [3.8, 4) is 0 Å². The number of likely N-dealkylation sites (N-methyl/N-ethyl adjacent to an activating group) is 2. The summed E-state index contributed by atoms with van der Waals surface area (Å²) in [5.74, 6) is -1.08. The third-order valence-corrected chi connectivity index (χ3v) is 8.30. The van der Waals surface area contributed by atoms with Gasteiger partial charge in [0.2, 0.25) is 5.91 Å². The number of amides is 1. The summed E-state index contributed by atoms with van der Waals surface area (Å²) in [5.41, 5.74) is 0.305. The molecule has 1 N–H and O–H groups in total. The van der Waals surface area contributed by atoms with Crippen molar-refractivity contribution < 1.29 is 17.6 Å². The molecule has 0 spiro atoms. The first kappa shape index (κ1) is 23.1. The van der Waals surface area contributed by atoms with Gasteiger partial charge in [0, 0.05) is 30.7 Å². The van der Waals surface area contributed by atoms with Crippen LogP contribution >= 0.6 is 22.9 Å². The Hall–Kier alpha value is -1.56. The van der Waals surface area contributed by atoms with Crippen LogP contribution in [0.4, 0.5) is 10.1 Å². The lowest BCUT2D eigenvalue weighted by Gasteiger charge is -2.43. The highest BCUT2D eigenvalue weighted by atomic mass is 35.5. The van der Waals surface area contributed by atoms with Gasteiger partial charge in [0.05, 0.1) is 11.1 Å². The first-order valence-electron chi connectivity index (χ1n) is 9.30. The van der Waals surface area contributed by atoms with E-state index in [4.69, 9.17) is 11.6 Å². The number of nitrogens with zero attached hydrogens (tertiary/aromatic N) is 3. The van der Waals surface area contributed by atoms with Crippen LogP contribution in [0, 0.1) is 5.82 Å². The van der Waals surface area contributed by atoms with Crippen molar-refractivity contribution in [1.82, 2.24) is 13.5 Å². The fraction of sp³-hybridized carbons (Fsp3) is 0.421. The number of thiophene rings is 1.